The summed E-state index contributed by atoms with van der Waals surface area (Å²) in [6.45, 7) is 3.43. The van der Waals surface area contributed by atoms with E-state index >= 15 is 0 Å². The Balaban J connectivity index is 0.000000236. The molecule has 0 aliphatic heterocycles. The van der Waals surface area contributed by atoms with Crippen LogP contribution in [0.5, 0.6) is 0 Å². The molecule has 0 atom stereocenters. The number of halogens is 2. The van der Waals surface area contributed by atoms with Gasteiger partial charge in [-0.25, -0.2) is 4.79 Å². The third-order valence-electron chi connectivity index (χ3n) is 6.23. The zero-order valence-electron chi connectivity index (χ0n) is 23.6. The molecule has 0 aliphatic rings. The van der Waals surface area contributed by atoms with Crippen LogP contribution in [0.3, 0.4) is 0 Å². The van der Waals surface area contributed by atoms with E-state index in [9.17, 15) is 19.2 Å². The molecule has 43 heavy (non-hydrogen) atoms. The zero-order valence-corrected chi connectivity index (χ0v) is 25.1. The first-order valence-electron chi connectivity index (χ1n) is 12.8. The molecule has 4 rings (SSSR count). The van der Waals surface area contributed by atoms with Crippen molar-refractivity contribution in [1.29, 1.82) is 10.8 Å². The van der Waals surface area contributed by atoms with Gasteiger partial charge in [0.15, 0.2) is 11.6 Å². The van der Waals surface area contributed by atoms with Crippen molar-refractivity contribution in [2.24, 2.45) is 5.73 Å². The van der Waals surface area contributed by atoms with Gasteiger partial charge in [0.1, 0.15) is 11.0 Å². The summed E-state index contributed by atoms with van der Waals surface area (Å²) in [7, 11) is 1.32. The number of pyridine rings is 2. The molecule has 0 unspecified atom stereocenters. The highest BCUT2D eigenvalue weighted by atomic mass is 35.5. The van der Waals surface area contributed by atoms with Gasteiger partial charge in [-0.15, -0.1) is 0 Å². The van der Waals surface area contributed by atoms with Crippen molar-refractivity contribution in [2.45, 2.75) is 26.9 Å². The van der Waals surface area contributed by atoms with Crippen molar-refractivity contribution in [3.05, 3.63) is 127 Å². The molecule has 0 saturated carbocycles. The van der Waals surface area contributed by atoms with E-state index < -0.39 is 11.9 Å². The van der Waals surface area contributed by atoms with Gasteiger partial charge in [-0.1, -0.05) is 47.5 Å². The van der Waals surface area contributed by atoms with Gasteiger partial charge in [-0.05, 0) is 61.4 Å². The molecule has 12 heteroatoms. The van der Waals surface area contributed by atoms with E-state index in [0.29, 0.717) is 34.3 Å². The molecule has 0 saturated heterocycles. The van der Waals surface area contributed by atoms with E-state index in [0.717, 1.165) is 11.1 Å². The molecule has 2 heterocycles. The molecule has 2 aromatic heterocycles. The summed E-state index contributed by atoms with van der Waals surface area (Å²) < 4.78 is 7.81. The Kier molecular flexibility index (Phi) is 10.9. The molecule has 0 fully saturated rings. The normalized spacial score (nSPS) is 10.3. The largest absolute Gasteiger partial charge is 0.465 e. The van der Waals surface area contributed by atoms with E-state index in [1.54, 1.807) is 57.9 Å². The Hall–Kier alpha value is -4.80. The lowest BCUT2D eigenvalue weighted by atomic mass is 10.1. The van der Waals surface area contributed by atoms with Gasteiger partial charge in [0, 0.05) is 31.0 Å². The number of hydrogen-bond acceptors (Lipinski definition) is 7. The first-order valence-corrected chi connectivity index (χ1v) is 13.5. The van der Waals surface area contributed by atoms with Crippen molar-refractivity contribution < 1.29 is 23.9 Å². The van der Waals surface area contributed by atoms with Crippen LogP contribution in [-0.4, -0.2) is 39.7 Å². The van der Waals surface area contributed by atoms with Crippen LogP contribution in [0.4, 0.5) is 0 Å². The summed E-state index contributed by atoms with van der Waals surface area (Å²) in [4.78, 5) is 45.8. The van der Waals surface area contributed by atoms with E-state index in [-0.39, 0.29) is 33.7 Å². The van der Waals surface area contributed by atoms with Gasteiger partial charge < -0.3 is 19.6 Å². The number of nitrogens with one attached hydrogen (secondary N) is 2. The maximum Gasteiger partial charge on any atom is 0.337 e. The molecule has 4 aromatic rings. The number of nitrogens with zero attached hydrogens (tertiary/aromatic N) is 2. The topological polar surface area (TPSA) is 161 Å². The number of Topliss-reactive ketones (excluding diaryl/α,β-unsaturated/α-hetero) is 2. The average molecular weight is 623 g/mol. The summed E-state index contributed by atoms with van der Waals surface area (Å²) >= 11 is 12.0. The number of amides is 1. The lowest BCUT2D eigenvalue weighted by molar-refractivity contribution is 0.0600. The SMILES string of the molecule is CC(=O)c1cc(Cl)cn(Cc2cccc(C(N)=O)c2)c1=N.COC(=O)c1cccc(Cn2cc(Cl)cc(C(C)=O)c2=N)c1. The smallest absolute Gasteiger partial charge is 0.337 e. The second kappa shape index (κ2) is 14.4. The molecule has 4 N–H and O–H groups in total. The fraction of sp³-hybridized carbons (Fsp3) is 0.161. The van der Waals surface area contributed by atoms with Gasteiger partial charge >= 0.3 is 5.97 Å². The summed E-state index contributed by atoms with van der Waals surface area (Å²) in [6.07, 6.45) is 3.16. The van der Waals surface area contributed by atoms with E-state index in [2.05, 4.69) is 4.74 Å². The van der Waals surface area contributed by atoms with Crippen molar-refractivity contribution in [1.82, 2.24) is 9.13 Å². The minimum Gasteiger partial charge on any atom is -0.465 e. The Labute approximate surface area is 257 Å². The molecule has 0 radical (unpaired) electrons. The van der Waals surface area contributed by atoms with E-state index in [1.807, 2.05) is 12.1 Å². The molecular formula is C31H29Cl2N5O5. The van der Waals surface area contributed by atoms with Crippen LogP contribution >= 0.6 is 23.2 Å². The second-order valence-electron chi connectivity index (χ2n) is 9.47. The van der Waals surface area contributed by atoms with Gasteiger partial charge in [0.05, 0.1) is 33.8 Å². The molecule has 222 valence electrons. The predicted molar refractivity (Wildman–Crippen MR) is 162 cm³/mol. The summed E-state index contributed by atoms with van der Waals surface area (Å²) in [5, 5.41) is 16.9. The Morgan fingerprint density at radius 2 is 1.16 bits per heavy atom. The third-order valence-corrected chi connectivity index (χ3v) is 6.64. The van der Waals surface area contributed by atoms with Crippen LogP contribution < -0.4 is 16.7 Å². The Bertz CT molecular complexity index is 1850. The average Bonchev–Trinajstić information content (AvgIpc) is 2.96. The number of carbonyl (C=O) groups is 4. The van der Waals surface area contributed by atoms with Crippen LogP contribution in [0, 0.1) is 10.8 Å². The van der Waals surface area contributed by atoms with E-state index in [4.69, 9.17) is 39.8 Å². The number of ether oxygens (including phenoxy) is 1. The van der Waals surface area contributed by atoms with Crippen LogP contribution in [0.2, 0.25) is 10.0 Å². The highest BCUT2D eigenvalue weighted by Crippen LogP contribution is 2.13. The third kappa shape index (κ3) is 8.60. The molecule has 10 nitrogen and oxygen atoms in total. The maximum atomic E-state index is 11.6. The van der Waals surface area contributed by atoms with Crippen LogP contribution in [0.15, 0.2) is 73.1 Å². The lowest BCUT2D eigenvalue weighted by Gasteiger charge is -2.11. The van der Waals surface area contributed by atoms with Crippen LogP contribution in [0.25, 0.3) is 0 Å². The number of carbonyl (C=O) groups excluding carboxylic acids is 4. The first-order chi connectivity index (χ1) is 20.3. The summed E-state index contributed by atoms with van der Waals surface area (Å²) in [6, 6.07) is 16.7. The number of benzene rings is 2. The van der Waals surface area contributed by atoms with Gasteiger partial charge in [-0.3, -0.25) is 25.2 Å². The number of primary amides is 1. The summed E-state index contributed by atoms with van der Waals surface area (Å²) in [5.41, 5.74) is 8.35. The number of ketones is 2. The number of methoxy groups -OCH3 is 1. The molecular weight excluding hydrogens is 593 g/mol. The van der Waals surface area contributed by atoms with Crippen molar-refractivity contribution in [3.8, 4) is 0 Å². The minimum absolute atomic E-state index is 0.0800. The quantitative estimate of drug-likeness (QED) is 0.193. The zero-order chi connectivity index (χ0) is 31.8. The number of esters is 1. The van der Waals surface area contributed by atoms with Crippen LogP contribution in [0.1, 0.15) is 66.4 Å². The second-order valence-corrected chi connectivity index (χ2v) is 10.3. The van der Waals surface area contributed by atoms with Crippen molar-refractivity contribution in [2.75, 3.05) is 7.11 Å². The molecule has 2 aromatic carbocycles. The fourth-order valence-electron chi connectivity index (χ4n) is 4.14. The number of aromatic nitrogens is 2. The molecule has 0 aliphatic carbocycles. The van der Waals surface area contributed by atoms with Crippen molar-refractivity contribution >= 4 is 46.6 Å². The Morgan fingerprint density at radius 1 is 0.744 bits per heavy atom. The van der Waals surface area contributed by atoms with Crippen LogP contribution in [-0.2, 0) is 17.8 Å². The minimum atomic E-state index is -0.511. The highest BCUT2D eigenvalue weighted by Gasteiger charge is 2.11. The van der Waals surface area contributed by atoms with Gasteiger partial charge in [0.2, 0.25) is 5.91 Å². The first kappa shape index (κ1) is 32.7. The number of hydrogen-bond donors (Lipinski definition) is 3. The molecule has 0 spiro atoms. The predicted octanol–water partition coefficient (Wildman–Crippen LogP) is 4.63. The number of nitrogens with two attached hydrogens (primary N) is 1. The Morgan fingerprint density at radius 3 is 1.56 bits per heavy atom. The molecule has 0 bridgehead atoms. The standard InChI is InChI=1S/C16H15ClN2O3.C15H14ClN3O2/c1-10(20)14-7-13(17)9-19(15(14)18)8-11-4-3-5-12(6-11)16(21)22-2;1-9(20)13-6-12(16)8-19(14(13)17)7-10-3-2-4-11(5-10)15(18)21/h3-7,9,18H,8H2,1-2H3;2-6,8,17H,7H2,1H3,(H2,18,21). The van der Waals surface area contributed by atoms with E-state index in [1.165, 1.54) is 33.1 Å². The van der Waals surface area contributed by atoms with Crippen molar-refractivity contribution in [3.63, 3.8) is 0 Å². The number of rotatable bonds is 8. The van der Waals surface area contributed by atoms with Gasteiger partial charge in [0.25, 0.3) is 0 Å². The fourth-order valence-corrected chi connectivity index (χ4v) is 4.59. The highest BCUT2D eigenvalue weighted by molar-refractivity contribution is 6.31. The molecule has 1 amide bonds. The van der Waals surface area contributed by atoms with Gasteiger partial charge in [-0.2, -0.15) is 0 Å². The lowest BCUT2D eigenvalue weighted by Crippen LogP contribution is -2.26. The maximum absolute atomic E-state index is 11.6. The monoisotopic (exact) mass is 621 g/mol. The summed E-state index contributed by atoms with van der Waals surface area (Å²) in [5.74, 6) is -1.37.